The van der Waals surface area contributed by atoms with E-state index in [1.54, 1.807) is 11.3 Å². The van der Waals surface area contributed by atoms with E-state index in [0.29, 0.717) is 6.04 Å². The Kier molecular flexibility index (Phi) is 4.34. The maximum Gasteiger partial charge on any atom is 0.106 e. The van der Waals surface area contributed by atoms with Crippen LogP contribution in [0.25, 0.3) is 11.3 Å². The van der Waals surface area contributed by atoms with Crippen molar-refractivity contribution in [3.63, 3.8) is 0 Å². The van der Waals surface area contributed by atoms with Gasteiger partial charge in [0.25, 0.3) is 0 Å². The minimum absolute atomic E-state index is 0.563. The molecule has 0 aliphatic rings. The van der Waals surface area contributed by atoms with Crippen molar-refractivity contribution in [2.45, 2.75) is 32.7 Å². The average Bonchev–Trinajstić information content (AvgIpc) is 2.94. The van der Waals surface area contributed by atoms with Gasteiger partial charge in [0.2, 0.25) is 0 Å². The normalized spacial score (nSPS) is 11.2. The van der Waals surface area contributed by atoms with Crippen LogP contribution < -0.4 is 5.32 Å². The fourth-order valence-corrected chi connectivity index (χ4v) is 2.36. The van der Waals surface area contributed by atoms with Crippen LogP contribution in [0.3, 0.4) is 0 Å². The van der Waals surface area contributed by atoms with Gasteiger partial charge in [0.15, 0.2) is 0 Å². The molecular weight excluding hydrogens is 230 g/mol. The van der Waals surface area contributed by atoms with Gasteiger partial charge in [-0.15, -0.1) is 0 Å². The molecule has 0 fully saturated rings. The number of aromatic nitrogens is 2. The summed E-state index contributed by atoms with van der Waals surface area (Å²) in [6.07, 6.45) is 4.05. The highest BCUT2D eigenvalue weighted by atomic mass is 32.1. The van der Waals surface area contributed by atoms with Gasteiger partial charge in [0, 0.05) is 23.4 Å². The second-order valence-corrected chi connectivity index (χ2v) is 5.25. The Morgan fingerprint density at radius 2 is 2.35 bits per heavy atom. The average molecular weight is 249 g/mol. The summed E-state index contributed by atoms with van der Waals surface area (Å²) in [6, 6.07) is 2.68. The van der Waals surface area contributed by atoms with Gasteiger partial charge in [-0.1, -0.05) is 13.8 Å². The van der Waals surface area contributed by atoms with E-state index in [1.165, 1.54) is 5.56 Å². The van der Waals surface area contributed by atoms with Crippen molar-refractivity contribution >= 4 is 11.3 Å². The molecule has 2 heterocycles. The van der Waals surface area contributed by atoms with E-state index in [4.69, 9.17) is 0 Å². The fraction of sp³-hybridized carbons (Fsp3) is 0.462. The van der Waals surface area contributed by atoms with E-state index in [-0.39, 0.29) is 0 Å². The molecule has 0 spiro atoms. The van der Waals surface area contributed by atoms with Crippen molar-refractivity contribution in [2.24, 2.45) is 0 Å². The molecule has 2 N–H and O–H groups in total. The smallest absolute Gasteiger partial charge is 0.106 e. The predicted molar refractivity (Wildman–Crippen MR) is 73.4 cm³/mol. The monoisotopic (exact) mass is 249 g/mol. The van der Waals surface area contributed by atoms with Crippen molar-refractivity contribution in [1.82, 2.24) is 15.3 Å². The number of H-pyrrole nitrogens is 1. The first-order valence-corrected chi connectivity index (χ1v) is 7.00. The molecule has 0 unspecified atom stereocenters. The van der Waals surface area contributed by atoms with Crippen LogP contribution in [0.5, 0.6) is 0 Å². The van der Waals surface area contributed by atoms with Crippen LogP contribution >= 0.6 is 11.3 Å². The van der Waals surface area contributed by atoms with Gasteiger partial charge < -0.3 is 10.3 Å². The molecule has 0 saturated heterocycles. The molecule has 0 saturated carbocycles. The molecule has 3 nitrogen and oxygen atoms in total. The minimum Gasteiger partial charge on any atom is -0.342 e. The summed E-state index contributed by atoms with van der Waals surface area (Å²) in [5.74, 6) is 1.08. The highest BCUT2D eigenvalue weighted by Gasteiger charge is 2.03. The number of nitrogens with one attached hydrogen (secondary N) is 2. The summed E-state index contributed by atoms with van der Waals surface area (Å²) >= 11 is 1.71. The first-order valence-electron chi connectivity index (χ1n) is 6.05. The van der Waals surface area contributed by atoms with Crippen LogP contribution in [0.1, 0.15) is 26.1 Å². The van der Waals surface area contributed by atoms with E-state index in [9.17, 15) is 0 Å². The Morgan fingerprint density at radius 1 is 1.47 bits per heavy atom. The number of hydrogen-bond acceptors (Lipinski definition) is 3. The molecule has 17 heavy (non-hydrogen) atoms. The van der Waals surface area contributed by atoms with E-state index >= 15 is 0 Å². The Labute approximate surface area is 106 Å². The molecule has 2 aromatic heterocycles. The van der Waals surface area contributed by atoms with Crippen molar-refractivity contribution in [3.8, 4) is 11.3 Å². The molecule has 2 rings (SSSR count). The molecular formula is C13H19N3S. The first-order chi connectivity index (χ1) is 8.25. The summed E-state index contributed by atoms with van der Waals surface area (Å²) in [4.78, 5) is 7.78. The lowest BCUT2D eigenvalue weighted by Crippen LogP contribution is -2.24. The standard InChI is InChI=1S/C13H19N3S/c1-10(2)14-6-3-4-13-15-8-12(16-13)11-5-7-17-9-11/h5,7-10,14H,3-4,6H2,1-2H3,(H,15,16). The Hall–Kier alpha value is -1.13. The number of aromatic amines is 1. The largest absolute Gasteiger partial charge is 0.342 e. The Morgan fingerprint density at radius 3 is 3.06 bits per heavy atom. The fourth-order valence-electron chi connectivity index (χ4n) is 1.70. The molecule has 0 radical (unpaired) electrons. The molecule has 92 valence electrons. The second-order valence-electron chi connectivity index (χ2n) is 4.47. The zero-order valence-electron chi connectivity index (χ0n) is 10.4. The summed E-state index contributed by atoms with van der Waals surface area (Å²) in [5, 5.41) is 7.63. The minimum atomic E-state index is 0.563. The third-order valence-electron chi connectivity index (χ3n) is 2.60. The number of imidazole rings is 1. The van der Waals surface area contributed by atoms with E-state index in [2.05, 4.69) is 46.0 Å². The maximum absolute atomic E-state index is 4.41. The molecule has 0 aromatic carbocycles. The lowest BCUT2D eigenvalue weighted by atomic mass is 10.2. The third-order valence-corrected chi connectivity index (χ3v) is 3.29. The molecule has 0 atom stereocenters. The van der Waals surface area contributed by atoms with Crippen LogP contribution in [0.4, 0.5) is 0 Å². The first kappa shape index (κ1) is 12.3. The van der Waals surface area contributed by atoms with Crippen LogP contribution in [-0.2, 0) is 6.42 Å². The van der Waals surface area contributed by atoms with Crippen LogP contribution in [-0.4, -0.2) is 22.6 Å². The molecule has 0 aliphatic carbocycles. The summed E-state index contributed by atoms with van der Waals surface area (Å²) in [5.41, 5.74) is 2.35. The number of aryl methyl sites for hydroxylation is 1. The van der Waals surface area contributed by atoms with Gasteiger partial charge >= 0.3 is 0 Å². The van der Waals surface area contributed by atoms with E-state index in [1.807, 2.05) is 6.20 Å². The molecule has 0 aliphatic heterocycles. The van der Waals surface area contributed by atoms with Crippen LogP contribution in [0, 0.1) is 0 Å². The van der Waals surface area contributed by atoms with Crippen LogP contribution in [0.2, 0.25) is 0 Å². The lowest BCUT2D eigenvalue weighted by Gasteiger charge is -2.06. The van der Waals surface area contributed by atoms with Crippen LogP contribution in [0.15, 0.2) is 23.0 Å². The van der Waals surface area contributed by atoms with Crippen molar-refractivity contribution in [3.05, 3.63) is 28.8 Å². The summed E-state index contributed by atoms with van der Waals surface area (Å²) in [6.45, 7) is 5.38. The zero-order valence-corrected chi connectivity index (χ0v) is 11.2. The number of rotatable bonds is 6. The number of nitrogens with zero attached hydrogens (tertiary/aromatic N) is 1. The van der Waals surface area contributed by atoms with Gasteiger partial charge in [-0.3, -0.25) is 0 Å². The Balaban J connectivity index is 1.83. The van der Waals surface area contributed by atoms with E-state index < -0.39 is 0 Å². The molecule has 0 bridgehead atoms. The number of hydrogen-bond donors (Lipinski definition) is 2. The summed E-state index contributed by atoms with van der Waals surface area (Å²) in [7, 11) is 0. The topological polar surface area (TPSA) is 40.7 Å². The molecule has 2 aromatic rings. The van der Waals surface area contributed by atoms with Gasteiger partial charge in [-0.2, -0.15) is 11.3 Å². The number of thiophene rings is 1. The van der Waals surface area contributed by atoms with Crippen molar-refractivity contribution < 1.29 is 0 Å². The molecule has 4 heteroatoms. The van der Waals surface area contributed by atoms with Crippen molar-refractivity contribution in [2.75, 3.05) is 6.54 Å². The second kappa shape index (κ2) is 5.98. The highest BCUT2D eigenvalue weighted by molar-refractivity contribution is 7.08. The predicted octanol–water partition coefficient (Wildman–Crippen LogP) is 3.07. The van der Waals surface area contributed by atoms with Gasteiger partial charge in [0.05, 0.1) is 11.9 Å². The quantitative estimate of drug-likeness (QED) is 0.772. The van der Waals surface area contributed by atoms with Crippen molar-refractivity contribution in [1.29, 1.82) is 0 Å². The SMILES string of the molecule is CC(C)NCCCc1ncc(-c2ccsc2)[nH]1. The zero-order chi connectivity index (χ0) is 12.1. The van der Waals surface area contributed by atoms with Gasteiger partial charge in [-0.05, 0) is 24.4 Å². The van der Waals surface area contributed by atoms with Gasteiger partial charge in [-0.25, -0.2) is 4.98 Å². The highest BCUT2D eigenvalue weighted by Crippen LogP contribution is 2.19. The lowest BCUT2D eigenvalue weighted by molar-refractivity contribution is 0.567. The maximum atomic E-state index is 4.41. The summed E-state index contributed by atoms with van der Waals surface area (Å²) < 4.78 is 0. The van der Waals surface area contributed by atoms with Gasteiger partial charge in [0.1, 0.15) is 5.82 Å². The Bertz CT molecular complexity index is 431. The van der Waals surface area contributed by atoms with E-state index in [0.717, 1.165) is 30.9 Å². The third kappa shape index (κ3) is 3.68. The molecule has 0 amide bonds.